The number of hydrogen-bond acceptors (Lipinski definition) is 2. The molecule has 2 bridgehead atoms. The molecule has 2 heterocycles. The van der Waals surface area contributed by atoms with E-state index in [2.05, 4.69) is 5.32 Å². The molecule has 0 aromatic carbocycles. The highest BCUT2D eigenvalue weighted by atomic mass is 16.3. The molecule has 2 fully saturated rings. The van der Waals surface area contributed by atoms with Crippen molar-refractivity contribution >= 4 is 0 Å². The average Bonchev–Trinajstić information content (AvgIpc) is 1.82. The molecule has 0 aromatic rings. The summed E-state index contributed by atoms with van der Waals surface area (Å²) in [5, 5.41) is 13.4. The van der Waals surface area contributed by atoms with E-state index in [9.17, 15) is 5.11 Å². The van der Waals surface area contributed by atoms with E-state index in [1.807, 2.05) is 6.92 Å². The van der Waals surface area contributed by atoms with Crippen LogP contribution in [-0.4, -0.2) is 22.8 Å². The zero-order valence-electron chi connectivity index (χ0n) is 7.14. The Kier molecular flexibility index (Phi) is 1.69. The standard InChI is InChI=1S/C9H17NO/c1-9(11)5-7-3-2-4-8(6-9)10-7/h7-8,10-11H,2-6H2,1H3/t7-,8+,9?. The molecule has 0 aliphatic carbocycles. The lowest BCUT2D eigenvalue weighted by Crippen LogP contribution is -2.54. The molecule has 2 aliphatic rings. The van der Waals surface area contributed by atoms with Gasteiger partial charge in [0.25, 0.3) is 0 Å². The first-order chi connectivity index (χ1) is 5.16. The normalized spacial score (nSPS) is 50.7. The molecule has 3 atom stereocenters. The van der Waals surface area contributed by atoms with Crippen LogP contribution in [0.5, 0.6) is 0 Å². The van der Waals surface area contributed by atoms with E-state index in [-0.39, 0.29) is 5.60 Å². The maximum absolute atomic E-state index is 9.84. The summed E-state index contributed by atoms with van der Waals surface area (Å²) in [4.78, 5) is 0. The minimum Gasteiger partial charge on any atom is -0.390 e. The Morgan fingerprint density at radius 3 is 2.36 bits per heavy atom. The predicted molar refractivity (Wildman–Crippen MR) is 44.4 cm³/mol. The molecule has 0 spiro atoms. The number of nitrogens with one attached hydrogen (secondary N) is 1. The highest BCUT2D eigenvalue weighted by molar-refractivity contribution is 4.95. The van der Waals surface area contributed by atoms with Crippen molar-refractivity contribution < 1.29 is 5.11 Å². The minimum atomic E-state index is -0.388. The first-order valence-corrected chi connectivity index (χ1v) is 4.64. The van der Waals surface area contributed by atoms with Crippen molar-refractivity contribution in [3.63, 3.8) is 0 Å². The second-order valence-electron chi connectivity index (χ2n) is 4.40. The molecule has 2 N–H and O–H groups in total. The van der Waals surface area contributed by atoms with Crippen LogP contribution in [0.15, 0.2) is 0 Å². The van der Waals surface area contributed by atoms with E-state index in [1.165, 1.54) is 19.3 Å². The van der Waals surface area contributed by atoms with Crippen molar-refractivity contribution in [2.75, 3.05) is 0 Å². The molecule has 11 heavy (non-hydrogen) atoms. The summed E-state index contributed by atoms with van der Waals surface area (Å²) in [6.07, 6.45) is 5.75. The fourth-order valence-electron chi connectivity index (χ4n) is 2.58. The van der Waals surface area contributed by atoms with Crippen LogP contribution in [0, 0.1) is 0 Å². The predicted octanol–water partition coefficient (Wildman–Crippen LogP) is 1.04. The summed E-state index contributed by atoms with van der Waals surface area (Å²) in [6.45, 7) is 1.97. The van der Waals surface area contributed by atoms with Crippen LogP contribution in [0.4, 0.5) is 0 Å². The maximum Gasteiger partial charge on any atom is 0.0649 e. The third kappa shape index (κ3) is 1.57. The molecule has 0 saturated carbocycles. The quantitative estimate of drug-likeness (QED) is 0.548. The smallest absolute Gasteiger partial charge is 0.0649 e. The summed E-state index contributed by atoms with van der Waals surface area (Å²) in [6, 6.07) is 1.19. The van der Waals surface area contributed by atoms with Crippen LogP contribution in [0.2, 0.25) is 0 Å². The SMILES string of the molecule is CC1(O)C[C@H]2CCC[C@@H](C1)N2. The lowest BCUT2D eigenvalue weighted by atomic mass is 9.78. The summed E-state index contributed by atoms with van der Waals surface area (Å²) in [5.74, 6) is 0. The average molecular weight is 155 g/mol. The molecule has 2 rings (SSSR count). The monoisotopic (exact) mass is 155 g/mol. The van der Waals surface area contributed by atoms with Gasteiger partial charge in [-0.3, -0.25) is 0 Å². The van der Waals surface area contributed by atoms with Gasteiger partial charge in [-0.2, -0.15) is 0 Å². The zero-order chi connectivity index (χ0) is 7.90. The van der Waals surface area contributed by atoms with Crippen molar-refractivity contribution in [3.05, 3.63) is 0 Å². The van der Waals surface area contributed by atoms with E-state index < -0.39 is 0 Å². The molecule has 2 saturated heterocycles. The van der Waals surface area contributed by atoms with Gasteiger partial charge in [0, 0.05) is 12.1 Å². The van der Waals surface area contributed by atoms with Gasteiger partial charge < -0.3 is 10.4 Å². The maximum atomic E-state index is 9.84. The Hall–Kier alpha value is -0.0800. The number of piperidine rings is 2. The highest BCUT2D eigenvalue weighted by Gasteiger charge is 2.36. The molecular formula is C9H17NO. The summed E-state index contributed by atoms with van der Waals surface area (Å²) in [7, 11) is 0. The molecule has 0 radical (unpaired) electrons. The van der Waals surface area contributed by atoms with E-state index in [0.717, 1.165) is 12.8 Å². The first kappa shape index (κ1) is 7.56. The van der Waals surface area contributed by atoms with Gasteiger partial charge in [0.15, 0.2) is 0 Å². The highest BCUT2D eigenvalue weighted by Crippen LogP contribution is 2.31. The largest absolute Gasteiger partial charge is 0.390 e. The molecular weight excluding hydrogens is 138 g/mol. The molecule has 2 heteroatoms. The van der Waals surface area contributed by atoms with Crippen LogP contribution in [-0.2, 0) is 0 Å². The minimum absolute atomic E-state index is 0.388. The lowest BCUT2D eigenvalue weighted by molar-refractivity contribution is -0.0150. The summed E-state index contributed by atoms with van der Waals surface area (Å²) >= 11 is 0. The molecule has 64 valence electrons. The molecule has 2 nitrogen and oxygen atoms in total. The van der Waals surface area contributed by atoms with Crippen molar-refractivity contribution in [1.29, 1.82) is 0 Å². The number of aliphatic hydroxyl groups is 1. The lowest BCUT2D eigenvalue weighted by Gasteiger charge is -2.43. The van der Waals surface area contributed by atoms with Gasteiger partial charge in [0.2, 0.25) is 0 Å². The van der Waals surface area contributed by atoms with Crippen molar-refractivity contribution in [2.24, 2.45) is 0 Å². The van der Waals surface area contributed by atoms with Crippen LogP contribution >= 0.6 is 0 Å². The van der Waals surface area contributed by atoms with Crippen LogP contribution < -0.4 is 5.32 Å². The third-order valence-corrected chi connectivity index (χ3v) is 2.95. The van der Waals surface area contributed by atoms with E-state index in [0.29, 0.717) is 12.1 Å². The van der Waals surface area contributed by atoms with Crippen LogP contribution in [0.1, 0.15) is 39.0 Å². The van der Waals surface area contributed by atoms with E-state index in [1.54, 1.807) is 0 Å². The Bertz CT molecular complexity index is 142. The Morgan fingerprint density at radius 2 is 1.82 bits per heavy atom. The van der Waals surface area contributed by atoms with Crippen molar-refractivity contribution in [3.8, 4) is 0 Å². The van der Waals surface area contributed by atoms with Crippen LogP contribution in [0.25, 0.3) is 0 Å². The summed E-state index contributed by atoms with van der Waals surface area (Å²) < 4.78 is 0. The number of rotatable bonds is 0. The van der Waals surface area contributed by atoms with Gasteiger partial charge in [-0.15, -0.1) is 0 Å². The zero-order valence-corrected chi connectivity index (χ0v) is 7.14. The Balaban J connectivity index is 2.05. The third-order valence-electron chi connectivity index (χ3n) is 2.95. The second kappa shape index (κ2) is 2.46. The second-order valence-corrected chi connectivity index (χ2v) is 4.40. The van der Waals surface area contributed by atoms with Crippen molar-refractivity contribution in [2.45, 2.75) is 56.7 Å². The number of fused-ring (bicyclic) bond motifs is 2. The molecule has 0 amide bonds. The fourth-order valence-corrected chi connectivity index (χ4v) is 2.58. The van der Waals surface area contributed by atoms with Gasteiger partial charge in [-0.1, -0.05) is 6.42 Å². The van der Waals surface area contributed by atoms with Gasteiger partial charge in [-0.05, 0) is 32.6 Å². The Labute approximate surface area is 68.0 Å². The molecule has 0 aromatic heterocycles. The first-order valence-electron chi connectivity index (χ1n) is 4.64. The molecule has 2 aliphatic heterocycles. The van der Waals surface area contributed by atoms with E-state index in [4.69, 9.17) is 0 Å². The topological polar surface area (TPSA) is 32.3 Å². The fraction of sp³-hybridized carbons (Fsp3) is 1.00. The Morgan fingerprint density at radius 1 is 1.27 bits per heavy atom. The van der Waals surface area contributed by atoms with Crippen LogP contribution in [0.3, 0.4) is 0 Å². The van der Waals surface area contributed by atoms with Gasteiger partial charge in [-0.25, -0.2) is 0 Å². The van der Waals surface area contributed by atoms with Gasteiger partial charge in [0.05, 0.1) is 5.60 Å². The van der Waals surface area contributed by atoms with Crippen molar-refractivity contribution in [1.82, 2.24) is 5.32 Å². The molecule has 1 unspecified atom stereocenters. The van der Waals surface area contributed by atoms with Gasteiger partial charge in [0.1, 0.15) is 0 Å². The summed E-state index contributed by atoms with van der Waals surface area (Å²) in [5.41, 5.74) is -0.388. The number of hydrogen-bond donors (Lipinski definition) is 2. The van der Waals surface area contributed by atoms with Gasteiger partial charge >= 0.3 is 0 Å². The van der Waals surface area contributed by atoms with E-state index >= 15 is 0 Å².